The van der Waals surface area contributed by atoms with E-state index in [1.807, 2.05) is 24.9 Å². The summed E-state index contributed by atoms with van der Waals surface area (Å²) in [5.74, 6) is 0.232. The van der Waals surface area contributed by atoms with Gasteiger partial charge in [0.15, 0.2) is 0 Å². The molecular formula is C9H14N2O. The molecule has 3 heteroatoms. The molecule has 0 aromatic carbocycles. The molecule has 1 heterocycles. The first-order chi connectivity index (χ1) is 5.61. The number of Topliss-reactive ketones (excluding diaryl/α,β-unsaturated/α-hetero) is 1. The third-order valence-corrected chi connectivity index (χ3v) is 1.98. The number of aromatic nitrogens is 2. The van der Waals surface area contributed by atoms with Crippen LogP contribution in [0.3, 0.4) is 0 Å². The Bertz CT molecular complexity index is 269. The summed E-state index contributed by atoms with van der Waals surface area (Å²) < 4.78 is 1.83. The normalized spacial score (nSPS) is 10.2. The number of ketones is 1. The fourth-order valence-electron chi connectivity index (χ4n) is 1.23. The van der Waals surface area contributed by atoms with E-state index in [2.05, 4.69) is 5.10 Å². The molecule has 0 fully saturated rings. The van der Waals surface area contributed by atoms with Gasteiger partial charge in [0.05, 0.1) is 6.20 Å². The third-order valence-electron chi connectivity index (χ3n) is 1.98. The highest BCUT2D eigenvalue weighted by Crippen LogP contribution is 2.08. The van der Waals surface area contributed by atoms with Gasteiger partial charge in [0, 0.05) is 19.2 Å². The lowest BCUT2D eigenvalue weighted by Crippen LogP contribution is -2.02. The lowest BCUT2D eigenvalue weighted by atomic mass is 10.1. The lowest BCUT2D eigenvalue weighted by molar-refractivity contribution is -0.117. The second-order valence-corrected chi connectivity index (χ2v) is 3.10. The van der Waals surface area contributed by atoms with Crippen LogP contribution < -0.4 is 0 Å². The van der Waals surface area contributed by atoms with Gasteiger partial charge in [-0.2, -0.15) is 5.10 Å². The molecule has 1 rings (SSSR count). The maximum Gasteiger partial charge on any atom is 0.130 e. The van der Waals surface area contributed by atoms with Crippen LogP contribution >= 0.6 is 0 Å². The topological polar surface area (TPSA) is 34.9 Å². The number of rotatable bonds is 3. The molecule has 0 aliphatic carbocycles. The smallest absolute Gasteiger partial charge is 0.130 e. The zero-order valence-corrected chi connectivity index (χ0v) is 7.79. The van der Waals surface area contributed by atoms with Crippen LogP contribution in [0.5, 0.6) is 0 Å². The number of hydrogen-bond donors (Lipinski definition) is 0. The van der Waals surface area contributed by atoms with Crippen LogP contribution in [0.1, 0.15) is 24.6 Å². The number of nitrogens with zero attached hydrogens (tertiary/aromatic N) is 2. The first-order valence-electron chi connectivity index (χ1n) is 4.08. The summed E-state index contributed by atoms with van der Waals surface area (Å²) >= 11 is 0. The zero-order chi connectivity index (χ0) is 9.14. The standard InChI is InChI=1S/C9H14N2O/c1-7-6-10-11(3)9(7)5-4-8(2)12/h6H,4-5H2,1-3H3. The molecule has 3 nitrogen and oxygen atoms in total. The fourth-order valence-corrected chi connectivity index (χ4v) is 1.23. The molecule has 66 valence electrons. The summed E-state index contributed by atoms with van der Waals surface area (Å²) in [7, 11) is 1.91. The fraction of sp³-hybridized carbons (Fsp3) is 0.556. The van der Waals surface area contributed by atoms with E-state index in [0.717, 1.165) is 12.1 Å². The number of carbonyl (C=O) groups excluding carboxylic acids is 1. The molecule has 0 saturated carbocycles. The second kappa shape index (κ2) is 3.52. The van der Waals surface area contributed by atoms with Gasteiger partial charge in [0.1, 0.15) is 5.78 Å². The van der Waals surface area contributed by atoms with Crippen molar-refractivity contribution in [2.45, 2.75) is 26.7 Å². The predicted molar refractivity (Wildman–Crippen MR) is 46.9 cm³/mol. The second-order valence-electron chi connectivity index (χ2n) is 3.10. The predicted octanol–water partition coefficient (Wildman–Crippen LogP) is 1.25. The Labute approximate surface area is 72.4 Å². The van der Waals surface area contributed by atoms with E-state index in [-0.39, 0.29) is 5.78 Å². The van der Waals surface area contributed by atoms with Crippen LogP contribution in [0, 0.1) is 6.92 Å². The monoisotopic (exact) mass is 166 g/mol. The Hall–Kier alpha value is -1.12. The van der Waals surface area contributed by atoms with Crippen molar-refractivity contribution in [3.63, 3.8) is 0 Å². The molecule has 0 saturated heterocycles. The van der Waals surface area contributed by atoms with E-state index in [1.165, 1.54) is 5.56 Å². The van der Waals surface area contributed by atoms with Crippen LogP contribution in [0.15, 0.2) is 6.20 Å². The molecule has 1 aromatic rings. The minimum absolute atomic E-state index is 0.232. The zero-order valence-electron chi connectivity index (χ0n) is 7.79. The minimum Gasteiger partial charge on any atom is -0.300 e. The maximum absolute atomic E-state index is 10.7. The molecule has 12 heavy (non-hydrogen) atoms. The van der Waals surface area contributed by atoms with Crippen molar-refractivity contribution in [2.75, 3.05) is 0 Å². The van der Waals surface area contributed by atoms with Gasteiger partial charge in [0.25, 0.3) is 0 Å². The summed E-state index contributed by atoms with van der Waals surface area (Å²) in [5, 5.41) is 4.10. The maximum atomic E-state index is 10.7. The highest BCUT2D eigenvalue weighted by molar-refractivity contribution is 5.75. The molecule has 0 aliphatic rings. The Morgan fingerprint density at radius 1 is 1.67 bits per heavy atom. The molecule has 0 N–H and O–H groups in total. The first-order valence-corrected chi connectivity index (χ1v) is 4.08. The van der Waals surface area contributed by atoms with Crippen molar-refractivity contribution >= 4 is 5.78 Å². The van der Waals surface area contributed by atoms with Crippen molar-refractivity contribution in [3.8, 4) is 0 Å². The molecular weight excluding hydrogens is 152 g/mol. The summed E-state index contributed by atoms with van der Waals surface area (Å²) in [4.78, 5) is 10.7. The molecule has 0 aliphatic heterocycles. The average Bonchev–Trinajstić information content (AvgIpc) is 2.28. The summed E-state index contributed by atoms with van der Waals surface area (Å²) in [6, 6.07) is 0. The Kier molecular flexibility index (Phi) is 2.63. The van der Waals surface area contributed by atoms with E-state index in [1.54, 1.807) is 6.92 Å². The number of aryl methyl sites for hydroxylation is 2. The largest absolute Gasteiger partial charge is 0.300 e. The number of hydrogen-bond acceptors (Lipinski definition) is 2. The van der Waals surface area contributed by atoms with E-state index in [9.17, 15) is 4.79 Å². The van der Waals surface area contributed by atoms with Crippen molar-refractivity contribution < 1.29 is 4.79 Å². The molecule has 0 radical (unpaired) electrons. The minimum atomic E-state index is 0.232. The van der Waals surface area contributed by atoms with Gasteiger partial charge in [-0.3, -0.25) is 4.68 Å². The van der Waals surface area contributed by atoms with Gasteiger partial charge in [0.2, 0.25) is 0 Å². The summed E-state index contributed by atoms with van der Waals surface area (Å²) in [5.41, 5.74) is 2.32. The molecule has 1 aromatic heterocycles. The van der Waals surface area contributed by atoms with Gasteiger partial charge in [-0.25, -0.2) is 0 Å². The van der Waals surface area contributed by atoms with Crippen LogP contribution in [0.4, 0.5) is 0 Å². The molecule has 0 spiro atoms. The van der Waals surface area contributed by atoms with Gasteiger partial charge < -0.3 is 4.79 Å². The summed E-state index contributed by atoms with van der Waals surface area (Å²) in [6.45, 7) is 3.63. The van der Waals surface area contributed by atoms with Crippen molar-refractivity contribution in [1.29, 1.82) is 0 Å². The van der Waals surface area contributed by atoms with Gasteiger partial charge in [-0.15, -0.1) is 0 Å². The van der Waals surface area contributed by atoms with E-state index in [4.69, 9.17) is 0 Å². The van der Waals surface area contributed by atoms with E-state index < -0.39 is 0 Å². The van der Waals surface area contributed by atoms with Crippen molar-refractivity contribution in [2.24, 2.45) is 7.05 Å². The Balaban J connectivity index is 2.68. The van der Waals surface area contributed by atoms with Crippen LogP contribution in [0.2, 0.25) is 0 Å². The Morgan fingerprint density at radius 3 is 2.75 bits per heavy atom. The van der Waals surface area contributed by atoms with Gasteiger partial charge in [-0.05, 0) is 25.8 Å². The van der Waals surface area contributed by atoms with Crippen LogP contribution in [-0.4, -0.2) is 15.6 Å². The molecule has 0 amide bonds. The van der Waals surface area contributed by atoms with Crippen molar-refractivity contribution in [3.05, 3.63) is 17.5 Å². The van der Waals surface area contributed by atoms with E-state index >= 15 is 0 Å². The SMILES string of the molecule is CC(=O)CCc1c(C)cnn1C. The number of carbonyl (C=O) groups is 1. The highest BCUT2D eigenvalue weighted by Gasteiger charge is 2.04. The molecule has 0 bridgehead atoms. The lowest BCUT2D eigenvalue weighted by Gasteiger charge is -2.00. The first kappa shape index (κ1) is 8.97. The van der Waals surface area contributed by atoms with E-state index in [0.29, 0.717) is 6.42 Å². The van der Waals surface area contributed by atoms with Crippen LogP contribution in [0.25, 0.3) is 0 Å². The van der Waals surface area contributed by atoms with Gasteiger partial charge >= 0.3 is 0 Å². The van der Waals surface area contributed by atoms with Gasteiger partial charge in [-0.1, -0.05) is 0 Å². The third kappa shape index (κ3) is 1.94. The average molecular weight is 166 g/mol. The van der Waals surface area contributed by atoms with Crippen LogP contribution in [-0.2, 0) is 18.3 Å². The molecule has 0 unspecified atom stereocenters. The molecule has 0 atom stereocenters. The summed E-state index contributed by atoms with van der Waals surface area (Å²) in [6.07, 6.45) is 3.24. The Morgan fingerprint density at radius 2 is 2.33 bits per heavy atom. The highest BCUT2D eigenvalue weighted by atomic mass is 16.1. The van der Waals surface area contributed by atoms with Crippen molar-refractivity contribution in [1.82, 2.24) is 9.78 Å². The quantitative estimate of drug-likeness (QED) is 0.677.